The molecule has 0 saturated carbocycles. The lowest BCUT2D eigenvalue weighted by atomic mass is 9.76. The zero-order valence-electron chi connectivity index (χ0n) is 19.9. The van der Waals surface area contributed by atoms with E-state index in [1.165, 1.54) is 4.90 Å². The molecular weight excluding hydrogens is 444 g/mol. The van der Waals surface area contributed by atoms with Crippen molar-refractivity contribution < 1.29 is 24.2 Å². The van der Waals surface area contributed by atoms with Gasteiger partial charge in [0.25, 0.3) is 5.91 Å². The number of carboxylic acid groups (broad SMARTS) is 1. The highest BCUT2D eigenvalue weighted by Gasteiger charge is 2.42. The summed E-state index contributed by atoms with van der Waals surface area (Å²) in [6.07, 6.45) is 1.88. The number of benzene rings is 2. The second-order valence-corrected chi connectivity index (χ2v) is 9.15. The van der Waals surface area contributed by atoms with E-state index in [0.29, 0.717) is 25.8 Å². The Balaban J connectivity index is 1.28. The van der Waals surface area contributed by atoms with Crippen molar-refractivity contribution in [3.05, 3.63) is 59.7 Å². The number of ether oxygens (including phenoxy) is 1. The minimum absolute atomic E-state index is 0.0301. The van der Waals surface area contributed by atoms with Crippen LogP contribution < -0.4 is 5.32 Å². The van der Waals surface area contributed by atoms with Crippen LogP contribution in [0.4, 0.5) is 4.79 Å². The van der Waals surface area contributed by atoms with E-state index in [2.05, 4.69) is 41.4 Å². The van der Waals surface area contributed by atoms with Gasteiger partial charge < -0.3 is 20.1 Å². The number of nitrogens with zero attached hydrogens (tertiary/aromatic N) is 1. The third-order valence-corrected chi connectivity index (χ3v) is 6.91. The molecule has 35 heavy (non-hydrogen) atoms. The molecule has 0 bridgehead atoms. The fraction of sp³-hybridized carbons (Fsp3) is 0.393. The zero-order valence-corrected chi connectivity index (χ0v) is 19.9. The second-order valence-electron chi connectivity index (χ2n) is 9.15. The highest BCUT2D eigenvalue weighted by Crippen LogP contribution is 2.44. The normalized spacial score (nSPS) is 18.6. The topological polar surface area (TPSA) is 95.9 Å². The Morgan fingerprint density at radius 2 is 1.77 bits per heavy atom. The number of alkyl carbamates (subject to hydrolysis) is 1. The molecule has 2 amide bonds. The summed E-state index contributed by atoms with van der Waals surface area (Å²) in [7, 11) is 0. The van der Waals surface area contributed by atoms with Crippen LogP contribution >= 0.6 is 0 Å². The van der Waals surface area contributed by atoms with Gasteiger partial charge in [-0.1, -0.05) is 67.8 Å². The van der Waals surface area contributed by atoms with Gasteiger partial charge in [-0.25, -0.2) is 4.79 Å². The SMILES string of the molecule is CCCC1(C(=O)O)CCCN(C(=O)C#CCNC(=O)OCC2c3ccccc3-c3ccccc32)C1. The zero-order chi connectivity index (χ0) is 24.8. The molecule has 182 valence electrons. The number of carbonyl (C=O) groups is 3. The molecular formula is C28H30N2O5. The van der Waals surface area contributed by atoms with Gasteiger partial charge in [-0.2, -0.15) is 0 Å². The summed E-state index contributed by atoms with van der Waals surface area (Å²) in [5.41, 5.74) is 3.68. The molecule has 1 unspecified atom stereocenters. The fourth-order valence-electron chi connectivity index (χ4n) is 5.23. The standard InChI is InChI=1S/C28H30N2O5/c1-2-14-28(26(32)33)15-8-17-30(19-28)25(31)13-7-16-29-27(34)35-18-24-22-11-5-3-9-20(22)21-10-4-6-12-23(21)24/h3-6,9-12,24H,2,8,14-19H2,1H3,(H,29,34)(H,32,33). The first-order valence-corrected chi connectivity index (χ1v) is 12.1. The highest BCUT2D eigenvalue weighted by atomic mass is 16.5. The van der Waals surface area contributed by atoms with Crippen molar-refractivity contribution in [1.82, 2.24) is 10.2 Å². The molecule has 1 heterocycles. The quantitative estimate of drug-likeness (QED) is 0.617. The Hall–Kier alpha value is -3.79. The summed E-state index contributed by atoms with van der Waals surface area (Å²) in [6, 6.07) is 16.2. The van der Waals surface area contributed by atoms with Gasteiger partial charge in [-0.15, -0.1) is 0 Å². The van der Waals surface area contributed by atoms with E-state index >= 15 is 0 Å². The van der Waals surface area contributed by atoms with Crippen LogP contribution in [0.5, 0.6) is 0 Å². The Morgan fingerprint density at radius 1 is 1.11 bits per heavy atom. The van der Waals surface area contributed by atoms with Gasteiger partial charge in [0.2, 0.25) is 0 Å². The number of amides is 2. The molecule has 1 fully saturated rings. The number of fused-ring (bicyclic) bond motifs is 3. The average Bonchev–Trinajstić information content (AvgIpc) is 3.19. The van der Waals surface area contributed by atoms with Gasteiger partial charge in [-0.3, -0.25) is 9.59 Å². The van der Waals surface area contributed by atoms with Crippen LogP contribution in [0.3, 0.4) is 0 Å². The summed E-state index contributed by atoms with van der Waals surface area (Å²) in [4.78, 5) is 38.1. The molecule has 2 aromatic rings. The molecule has 0 spiro atoms. The molecule has 1 saturated heterocycles. The third-order valence-electron chi connectivity index (χ3n) is 6.91. The predicted octanol–water partition coefficient (Wildman–Crippen LogP) is 4.02. The Morgan fingerprint density at radius 3 is 2.40 bits per heavy atom. The molecule has 1 aliphatic heterocycles. The summed E-state index contributed by atoms with van der Waals surface area (Å²) < 4.78 is 5.47. The molecule has 2 aromatic carbocycles. The fourth-order valence-corrected chi connectivity index (χ4v) is 5.23. The number of rotatable bonds is 6. The minimum Gasteiger partial charge on any atom is -0.481 e. The highest BCUT2D eigenvalue weighted by molar-refractivity contribution is 5.94. The Labute approximate surface area is 205 Å². The van der Waals surface area contributed by atoms with Crippen molar-refractivity contribution in [1.29, 1.82) is 0 Å². The van der Waals surface area contributed by atoms with E-state index in [1.807, 2.05) is 31.2 Å². The molecule has 1 aliphatic carbocycles. The smallest absolute Gasteiger partial charge is 0.407 e. The van der Waals surface area contributed by atoms with E-state index in [0.717, 1.165) is 28.7 Å². The van der Waals surface area contributed by atoms with Gasteiger partial charge in [0.1, 0.15) is 6.61 Å². The van der Waals surface area contributed by atoms with Gasteiger partial charge in [0.05, 0.1) is 12.0 Å². The van der Waals surface area contributed by atoms with E-state index < -0.39 is 23.4 Å². The summed E-state index contributed by atoms with van der Waals surface area (Å²) in [5, 5.41) is 12.3. The van der Waals surface area contributed by atoms with Crippen LogP contribution in [0.15, 0.2) is 48.5 Å². The van der Waals surface area contributed by atoms with E-state index in [4.69, 9.17) is 4.74 Å². The van der Waals surface area contributed by atoms with Crippen molar-refractivity contribution >= 4 is 18.0 Å². The lowest BCUT2D eigenvalue weighted by Crippen LogP contribution is -2.49. The number of carboxylic acids is 1. The maximum Gasteiger partial charge on any atom is 0.407 e. The van der Waals surface area contributed by atoms with Gasteiger partial charge >= 0.3 is 12.1 Å². The minimum atomic E-state index is -0.899. The van der Waals surface area contributed by atoms with E-state index in [1.54, 1.807) is 0 Å². The summed E-state index contributed by atoms with van der Waals surface area (Å²) >= 11 is 0. The van der Waals surface area contributed by atoms with Crippen molar-refractivity contribution in [3.8, 4) is 23.0 Å². The number of carbonyl (C=O) groups excluding carboxylic acids is 2. The third kappa shape index (κ3) is 5.17. The van der Waals surface area contributed by atoms with Crippen LogP contribution in [0.25, 0.3) is 11.1 Å². The average molecular weight is 475 g/mol. The van der Waals surface area contributed by atoms with Crippen molar-refractivity contribution in [2.45, 2.75) is 38.5 Å². The first kappa shape index (κ1) is 24.3. The summed E-state index contributed by atoms with van der Waals surface area (Å²) in [5.74, 6) is 3.88. The van der Waals surface area contributed by atoms with Gasteiger partial charge in [0, 0.05) is 19.0 Å². The lowest BCUT2D eigenvalue weighted by Gasteiger charge is -2.39. The van der Waals surface area contributed by atoms with Crippen LogP contribution in [0.1, 0.15) is 49.7 Å². The summed E-state index contributed by atoms with van der Waals surface area (Å²) in [6.45, 7) is 2.78. The predicted molar refractivity (Wildman–Crippen MR) is 132 cm³/mol. The molecule has 1 atom stereocenters. The monoisotopic (exact) mass is 474 g/mol. The van der Waals surface area contributed by atoms with Gasteiger partial charge in [-0.05, 0) is 47.4 Å². The maximum absolute atomic E-state index is 12.5. The number of likely N-dealkylation sites (tertiary alicyclic amines) is 1. The first-order valence-electron chi connectivity index (χ1n) is 12.1. The molecule has 2 aliphatic rings. The number of nitrogens with one attached hydrogen (secondary N) is 1. The van der Waals surface area contributed by atoms with E-state index in [9.17, 15) is 19.5 Å². The number of aliphatic carboxylic acids is 1. The van der Waals surface area contributed by atoms with E-state index in [-0.39, 0.29) is 25.6 Å². The molecule has 4 rings (SSSR count). The lowest BCUT2D eigenvalue weighted by molar-refractivity contribution is -0.154. The molecule has 0 radical (unpaired) electrons. The van der Waals surface area contributed by atoms with Crippen LogP contribution in [0, 0.1) is 17.3 Å². The molecule has 0 aromatic heterocycles. The number of hydrogen-bond acceptors (Lipinski definition) is 4. The Bertz CT molecular complexity index is 1130. The van der Waals surface area contributed by atoms with Crippen LogP contribution in [-0.4, -0.2) is 54.2 Å². The van der Waals surface area contributed by atoms with Crippen molar-refractivity contribution in [2.24, 2.45) is 5.41 Å². The largest absolute Gasteiger partial charge is 0.481 e. The van der Waals surface area contributed by atoms with Gasteiger partial charge in [0.15, 0.2) is 0 Å². The second kappa shape index (κ2) is 10.6. The number of hydrogen-bond donors (Lipinski definition) is 2. The first-order chi connectivity index (χ1) is 16.9. The Kier molecular flexibility index (Phi) is 7.40. The maximum atomic E-state index is 12.5. The van der Waals surface area contributed by atoms with Crippen LogP contribution in [-0.2, 0) is 14.3 Å². The molecule has 2 N–H and O–H groups in total. The van der Waals surface area contributed by atoms with Crippen molar-refractivity contribution in [2.75, 3.05) is 26.2 Å². The molecule has 7 heteroatoms. The van der Waals surface area contributed by atoms with Crippen LogP contribution in [0.2, 0.25) is 0 Å². The molecule has 7 nitrogen and oxygen atoms in total. The number of piperidine rings is 1. The van der Waals surface area contributed by atoms with Crippen molar-refractivity contribution in [3.63, 3.8) is 0 Å².